The minimum Gasteiger partial charge on any atom is -0.490 e. The molecule has 0 amide bonds. The lowest BCUT2D eigenvalue weighted by atomic mass is 9.68. The maximum absolute atomic E-state index is 13.7. The number of halogens is 1. The number of nitrogens with zero attached hydrogens (tertiary/aromatic N) is 3. The Morgan fingerprint density at radius 3 is 2.28 bits per heavy atom. The van der Waals surface area contributed by atoms with Gasteiger partial charge < -0.3 is 4.74 Å². The maximum Gasteiger partial charge on any atom is 0.243 e. The summed E-state index contributed by atoms with van der Waals surface area (Å²) in [5.74, 6) is 0.930. The van der Waals surface area contributed by atoms with Gasteiger partial charge in [0.05, 0.1) is 16.8 Å². The Bertz CT molecular complexity index is 1580. The van der Waals surface area contributed by atoms with Gasteiger partial charge in [-0.15, -0.1) is 12.4 Å². The number of hydrogen-bond acceptors (Lipinski definition) is 6. The molecule has 3 fully saturated rings. The first kappa shape index (κ1) is 32.2. The second kappa shape index (κ2) is 13.4. The lowest BCUT2D eigenvalue weighted by Gasteiger charge is -2.45. The van der Waals surface area contributed by atoms with Crippen LogP contribution in [0.2, 0.25) is 0 Å². The highest BCUT2D eigenvalue weighted by Crippen LogP contribution is 2.46. The van der Waals surface area contributed by atoms with E-state index in [1.165, 1.54) is 0 Å². The Morgan fingerprint density at radius 2 is 1.53 bits per heavy atom. The summed E-state index contributed by atoms with van der Waals surface area (Å²) < 4.78 is 63.5. The summed E-state index contributed by atoms with van der Waals surface area (Å²) in [6.45, 7) is 1.62. The number of ether oxygens (including phenoxy) is 1. The Kier molecular flexibility index (Phi) is 10.0. The number of rotatable bonds is 9. The van der Waals surface area contributed by atoms with Gasteiger partial charge in [-0.1, -0.05) is 36.4 Å². The van der Waals surface area contributed by atoms with Crippen LogP contribution in [0.3, 0.4) is 0 Å². The van der Waals surface area contributed by atoms with Gasteiger partial charge in [-0.25, -0.2) is 21.1 Å². The minimum atomic E-state index is -3.68. The molecule has 2 saturated heterocycles. The van der Waals surface area contributed by atoms with E-state index in [4.69, 9.17) is 4.74 Å². The predicted molar refractivity (Wildman–Crippen MR) is 171 cm³/mol. The van der Waals surface area contributed by atoms with Gasteiger partial charge in [-0.3, -0.25) is 4.98 Å². The number of fused-ring (bicyclic) bond motifs is 1. The average Bonchev–Trinajstić information content (AvgIpc) is 3.48. The zero-order valence-electron chi connectivity index (χ0n) is 24.5. The van der Waals surface area contributed by atoms with E-state index >= 15 is 0 Å². The molecule has 2 aromatic carbocycles. The molecule has 0 N–H and O–H groups in total. The Labute approximate surface area is 262 Å². The molecule has 1 atom stereocenters. The van der Waals surface area contributed by atoms with Crippen LogP contribution in [0.1, 0.15) is 64.2 Å². The number of sulfonamides is 2. The lowest BCUT2D eigenvalue weighted by Crippen LogP contribution is -2.46. The SMILES string of the molecule is Cl.O=S(=O)(CCC[C@@H]1CCCN1S(=O)(=O)c1cccc2ccccc12)N1CCC2(CCC(Oc3ccncc3)CC2)CC1. The summed E-state index contributed by atoms with van der Waals surface area (Å²) in [6, 6.07) is 16.6. The molecule has 1 spiro atoms. The number of piperidine rings is 1. The van der Waals surface area contributed by atoms with Crippen LogP contribution in [0.4, 0.5) is 0 Å². The van der Waals surface area contributed by atoms with Crippen molar-refractivity contribution in [3.8, 4) is 5.75 Å². The fraction of sp³-hybridized carbons (Fsp3) is 0.531. The van der Waals surface area contributed by atoms with Crippen molar-refractivity contribution in [2.24, 2.45) is 5.41 Å². The Hall–Kier alpha value is -2.24. The summed E-state index contributed by atoms with van der Waals surface area (Å²) in [6.07, 6.45) is 12.2. The van der Waals surface area contributed by atoms with Gasteiger partial charge in [0.1, 0.15) is 5.75 Å². The molecule has 234 valence electrons. The van der Waals surface area contributed by atoms with Crippen molar-refractivity contribution in [1.29, 1.82) is 0 Å². The summed E-state index contributed by atoms with van der Waals surface area (Å²) in [4.78, 5) is 4.38. The third kappa shape index (κ3) is 7.04. The molecule has 11 heteroatoms. The third-order valence-corrected chi connectivity index (χ3v) is 13.7. The van der Waals surface area contributed by atoms with Crippen molar-refractivity contribution < 1.29 is 21.6 Å². The van der Waals surface area contributed by atoms with Gasteiger partial charge in [0, 0.05) is 43.5 Å². The molecule has 43 heavy (non-hydrogen) atoms. The Morgan fingerprint density at radius 1 is 0.837 bits per heavy atom. The first-order valence-electron chi connectivity index (χ1n) is 15.3. The Balaban J connectivity index is 0.00000368. The van der Waals surface area contributed by atoms with Gasteiger partial charge in [-0.2, -0.15) is 4.31 Å². The largest absolute Gasteiger partial charge is 0.490 e. The zero-order valence-corrected chi connectivity index (χ0v) is 27.0. The van der Waals surface area contributed by atoms with Gasteiger partial charge in [0.2, 0.25) is 20.0 Å². The number of hydrogen-bond donors (Lipinski definition) is 0. The monoisotopic (exact) mass is 647 g/mol. The van der Waals surface area contributed by atoms with Crippen LogP contribution in [-0.4, -0.2) is 68.0 Å². The van der Waals surface area contributed by atoms with Crippen LogP contribution in [0.15, 0.2) is 71.9 Å². The van der Waals surface area contributed by atoms with E-state index in [-0.39, 0.29) is 35.7 Å². The normalized spacial score (nSPS) is 22.0. The highest BCUT2D eigenvalue weighted by atomic mass is 35.5. The summed E-state index contributed by atoms with van der Waals surface area (Å²) in [7, 11) is -7.06. The quantitative estimate of drug-likeness (QED) is 0.282. The lowest BCUT2D eigenvalue weighted by molar-refractivity contribution is 0.0433. The van der Waals surface area contributed by atoms with E-state index in [1.54, 1.807) is 33.1 Å². The number of benzene rings is 2. The predicted octanol–water partition coefficient (Wildman–Crippen LogP) is 6.02. The summed E-state index contributed by atoms with van der Waals surface area (Å²) in [5.41, 5.74) is 0.213. The molecule has 2 aliphatic heterocycles. The van der Waals surface area contributed by atoms with Crippen molar-refractivity contribution in [2.75, 3.05) is 25.4 Å². The molecule has 3 aliphatic rings. The van der Waals surface area contributed by atoms with Crippen molar-refractivity contribution in [3.63, 3.8) is 0 Å². The molecular weight excluding hydrogens is 606 g/mol. The molecule has 1 aliphatic carbocycles. The zero-order chi connectivity index (χ0) is 29.2. The summed E-state index contributed by atoms with van der Waals surface area (Å²) in [5, 5.41) is 1.63. The first-order valence-corrected chi connectivity index (χ1v) is 18.3. The maximum atomic E-state index is 13.7. The van der Waals surface area contributed by atoms with E-state index in [9.17, 15) is 16.8 Å². The van der Waals surface area contributed by atoms with E-state index < -0.39 is 20.0 Å². The minimum absolute atomic E-state index is 0. The molecule has 0 unspecified atom stereocenters. The molecule has 1 saturated carbocycles. The van der Waals surface area contributed by atoms with Gasteiger partial charge in [-0.05, 0) is 93.2 Å². The van der Waals surface area contributed by atoms with Crippen molar-refractivity contribution in [3.05, 3.63) is 67.0 Å². The standard InChI is InChI=1S/C32H41N3O5S2.ClH/c36-41(37,34-23-18-32(19-24-34)16-12-28(13-17-32)40-29-14-20-33-21-15-29)25-5-9-27-8-4-22-35(27)42(38,39)31-11-3-7-26-6-1-2-10-30(26)31;/h1-3,6-7,10-11,14-15,20-21,27-28H,4-5,8-9,12-13,16-19,22-25H2;1H/t27-;/m0./s1. The van der Waals surface area contributed by atoms with E-state index in [0.717, 1.165) is 67.9 Å². The van der Waals surface area contributed by atoms with E-state index in [2.05, 4.69) is 4.98 Å². The third-order valence-electron chi connectivity index (χ3n) is 9.72. The van der Waals surface area contributed by atoms with Crippen LogP contribution in [0.25, 0.3) is 10.8 Å². The number of aromatic nitrogens is 1. The smallest absolute Gasteiger partial charge is 0.243 e. The first-order chi connectivity index (χ1) is 20.3. The molecule has 8 nitrogen and oxygen atoms in total. The van der Waals surface area contributed by atoms with Crippen LogP contribution in [0, 0.1) is 5.41 Å². The highest BCUT2D eigenvalue weighted by Gasteiger charge is 2.41. The molecule has 3 heterocycles. The van der Waals surface area contributed by atoms with Crippen molar-refractivity contribution >= 4 is 43.2 Å². The van der Waals surface area contributed by atoms with Crippen LogP contribution in [0.5, 0.6) is 5.75 Å². The van der Waals surface area contributed by atoms with E-state index in [1.807, 2.05) is 42.5 Å². The van der Waals surface area contributed by atoms with Crippen LogP contribution >= 0.6 is 12.4 Å². The molecule has 3 aromatic rings. The van der Waals surface area contributed by atoms with Gasteiger partial charge >= 0.3 is 0 Å². The molecule has 0 radical (unpaired) electrons. The average molecular weight is 648 g/mol. The molecule has 1 aromatic heterocycles. The fourth-order valence-electron chi connectivity index (χ4n) is 7.26. The number of pyridine rings is 1. The van der Waals surface area contributed by atoms with Crippen molar-refractivity contribution in [2.45, 2.75) is 81.2 Å². The topological polar surface area (TPSA) is 96.9 Å². The fourth-order valence-corrected chi connectivity index (χ4v) is 10.7. The summed E-state index contributed by atoms with van der Waals surface area (Å²) >= 11 is 0. The molecule has 0 bridgehead atoms. The second-order valence-corrected chi connectivity index (χ2v) is 16.2. The van der Waals surface area contributed by atoms with Crippen LogP contribution < -0.4 is 4.74 Å². The molecular formula is C32H42ClN3O5S2. The van der Waals surface area contributed by atoms with E-state index in [0.29, 0.717) is 37.4 Å². The highest BCUT2D eigenvalue weighted by molar-refractivity contribution is 7.89. The molecule has 6 rings (SSSR count). The van der Waals surface area contributed by atoms with Crippen LogP contribution in [-0.2, 0) is 20.0 Å². The second-order valence-electron chi connectivity index (χ2n) is 12.2. The van der Waals surface area contributed by atoms with Crippen molar-refractivity contribution in [1.82, 2.24) is 13.6 Å². The van der Waals surface area contributed by atoms with Gasteiger partial charge in [0.15, 0.2) is 0 Å². The van der Waals surface area contributed by atoms with Gasteiger partial charge in [0.25, 0.3) is 0 Å².